The third kappa shape index (κ3) is 1.95. The molecule has 4 nitrogen and oxygen atoms in total. The van der Waals surface area contributed by atoms with Crippen LogP contribution in [0.25, 0.3) is 0 Å². The number of carbonyl (C=O) groups is 1. The van der Waals surface area contributed by atoms with Crippen LogP contribution in [0.3, 0.4) is 0 Å². The first-order chi connectivity index (χ1) is 5.59. The molecule has 0 unspecified atom stereocenters. The summed E-state index contributed by atoms with van der Waals surface area (Å²) in [7, 11) is 0. The van der Waals surface area contributed by atoms with E-state index in [1.54, 1.807) is 19.2 Å². The molecule has 0 aliphatic heterocycles. The van der Waals surface area contributed by atoms with Gasteiger partial charge in [-0.05, 0) is 18.6 Å². The topological polar surface area (TPSA) is 76.2 Å². The number of aryl methyl sites for hydroxylation is 1. The first-order valence-electron chi connectivity index (χ1n) is 3.52. The second kappa shape index (κ2) is 3.21. The molecule has 0 saturated carbocycles. The highest BCUT2D eigenvalue weighted by atomic mass is 16.3. The van der Waals surface area contributed by atoms with Crippen molar-refractivity contribution < 1.29 is 9.90 Å². The Morgan fingerprint density at radius 3 is 2.92 bits per heavy atom. The molecule has 1 amide bonds. The molecule has 0 aromatic carbocycles. The van der Waals surface area contributed by atoms with Gasteiger partial charge in [-0.3, -0.25) is 9.78 Å². The van der Waals surface area contributed by atoms with E-state index in [-0.39, 0.29) is 12.2 Å². The minimum atomic E-state index is -0.498. The molecule has 0 radical (unpaired) electrons. The van der Waals surface area contributed by atoms with E-state index in [2.05, 4.69) is 4.98 Å². The molecular weight excluding hydrogens is 156 g/mol. The van der Waals surface area contributed by atoms with E-state index in [1.807, 2.05) is 0 Å². The van der Waals surface area contributed by atoms with E-state index < -0.39 is 5.91 Å². The number of nitrogens with two attached hydrogens (primary N) is 1. The zero-order valence-electron chi connectivity index (χ0n) is 6.74. The SMILES string of the molecule is Cc1cnc(CC(N)=O)c(O)c1. The lowest BCUT2D eigenvalue weighted by Crippen LogP contribution is -2.14. The maximum atomic E-state index is 10.5. The molecule has 1 heterocycles. The van der Waals surface area contributed by atoms with E-state index in [0.717, 1.165) is 5.56 Å². The Labute approximate surface area is 70.0 Å². The fourth-order valence-electron chi connectivity index (χ4n) is 0.883. The van der Waals surface area contributed by atoms with Gasteiger partial charge >= 0.3 is 0 Å². The van der Waals surface area contributed by atoms with Crippen LogP contribution < -0.4 is 5.73 Å². The van der Waals surface area contributed by atoms with Crippen LogP contribution in [-0.2, 0) is 11.2 Å². The number of amides is 1. The van der Waals surface area contributed by atoms with E-state index in [0.29, 0.717) is 5.69 Å². The van der Waals surface area contributed by atoms with Gasteiger partial charge in [0.05, 0.1) is 12.1 Å². The zero-order chi connectivity index (χ0) is 9.14. The van der Waals surface area contributed by atoms with Gasteiger partial charge in [0.25, 0.3) is 0 Å². The van der Waals surface area contributed by atoms with Crippen molar-refractivity contribution in [1.82, 2.24) is 4.98 Å². The van der Waals surface area contributed by atoms with Gasteiger partial charge in [-0.25, -0.2) is 0 Å². The molecule has 0 saturated heterocycles. The first kappa shape index (κ1) is 8.52. The average molecular weight is 166 g/mol. The highest BCUT2D eigenvalue weighted by Gasteiger charge is 2.05. The highest BCUT2D eigenvalue weighted by molar-refractivity contribution is 5.76. The van der Waals surface area contributed by atoms with Crippen molar-refractivity contribution in [3.63, 3.8) is 0 Å². The Balaban J connectivity index is 2.93. The summed E-state index contributed by atoms with van der Waals surface area (Å²) in [6.45, 7) is 1.81. The number of nitrogens with zero attached hydrogens (tertiary/aromatic N) is 1. The number of hydrogen-bond acceptors (Lipinski definition) is 3. The fourth-order valence-corrected chi connectivity index (χ4v) is 0.883. The molecule has 4 heteroatoms. The number of aromatic hydroxyl groups is 1. The van der Waals surface area contributed by atoms with Crippen molar-refractivity contribution >= 4 is 5.91 Å². The summed E-state index contributed by atoms with van der Waals surface area (Å²) in [6.07, 6.45) is 1.56. The molecule has 0 bridgehead atoms. The Morgan fingerprint density at radius 2 is 2.42 bits per heavy atom. The van der Waals surface area contributed by atoms with Crippen LogP contribution in [0.2, 0.25) is 0 Å². The molecule has 0 fully saturated rings. The summed E-state index contributed by atoms with van der Waals surface area (Å²) < 4.78 is 0. The third-order valence-corrected chi connectivity index (χ3v) is 1.43. The summed E-state index contributed by atoms with van der Waals surface area (Å²) in [6, 6.07) is 1.55. The van der Waals surface area contributed by atoms with Crippen molar-refractivity contribution in [1.29, 1.82) is 0 Å². The average Bonchev–Trinajstić information content (AvgIpc) is 1.94. The molecule has 1 aromatic rings. The molecule has 1 rings (SSSR count). The lowest BCUT2D eigenvalue weighted by atomic mass is 10.2. The lowest BCUT2D eigenvalue weighted by Gasteiger charge is -2.00. The van der Waals surface area contributed by atoms with E-state index in [1.165, 1.54) is 0 Å². The predicted octanol–water partition coefficient (Wildman–Crippen LogP) is 0.123. The Morgan fingerprint density at radius 1 is 1.75 bits per heavy atom. The molecule has 64 valence electrons. The van der Waals surface area contributed by atoms with Gasteiger partial charge in [-0.15, -0.1) is 0 Å². The van der Waals surface area contributed by atoms with E-state index in [9.17, 15) is 9.90 Å². The number of pyridine rings is 1. The quantitative estimate of drug-likeness (QED) is 0.655. The summed E-state index contributed by atoms with van der Waals surface area (Å²) in [5, 5.41) is 9.27. The van der Waals surface area contributed by atoms with Gasteiger partial charge in [0.15, 0.2) is 0 Å². The molecule has 0 aliphatic carbocycles. The lowest BCUT2D eigenvalue weighted by molar-refractivity contribution is -0.117. The summed E-state index contributed by atoms with van der Waals surface area (Å²) in [5.41, 5.74) is 6.12. The number of primary amides is 1. The molecule has 3 N–H and O–H groups in total. The largest absolute Gasteiger partial charge is 0.506 e. The third-order valence-electron chi connectivity index (χ3n) is 1.43. The normalized spacial score (nSPS) is 9.75. The van der Waals surface area contributed by atoms with Crippen molar-refractivity contribution in [3.05, 3.63) is 23.5 Å². The predicted molar refractivity (Wildman–Crippen MR) is 43.5 cm³/mol. The fraction of sp³-hybridized carbons (Fsp3) is 0.250. The monoisotopic (exact) mass is 166 g/mol. The molecule has 0 aliphatic rings. The molecule has 12 heavy (non-hydrogen) atoms. The van der Waals surface area contributed by atoms with Crippen molar-refractivity contribution in [2.24, 2.45) is 5.73 Å². The van der Waals surface area contributed by atoms with Gasteiger partial charge < -0.3 is 10.8 Å². The van der Waals surface area contributed by atoms with Gasteiger partial charge in [0.1, 0.15) is 5.75 Å². The van der Waals surface area contributed by atoms with Crippen LogP contribution in [0, 0.1) is 6.92 Å². The molecule has 0 spiro atoms. The van der Waals surface area contributed by atoms with Crippen LogP contribution in [-0.4, -0.2) is 16.0 Å². The smallest absolute Gasteiger partial charge is 0.223 e. The number of aromatic nitrogens is 1. The number of carbonyl (C=O) groups excluding carboxylic acids is 1. The van der Waals surface area contributed by atoms with Crippen molar-refractivity contribution in [2.45, 2.75) is 13.3 Å². The van der Waals surface area contributed by atoms with Crippen LogP contribution in [0.4, 0.5) is 0 Å². The minimum absolute atomic E-state index is 0.0217. The van der Waals surface area contributed by atoms with Gasteiger partial charge in [-0.1, -0.05) is 0 Å². The summed E-state index contributed by atoms with van der Waals surface area (Å²) >= 11 is 0. The van der Waals surface area contributed by atoms with Gasteiger partial charge in [0.2, 0.25) is 5.91 Å². The summed E-state index contributed by atoms with van der Waals surface area (Å²) in [5.74, 6) is -0.476. The minimum Gasteiger partial charge on any atom is -0.506 e. The Kier molecular flexibility index (Phi) is 2.28. The molecule has 0 atom stereocenters. The second-order valence-electron chi connectivity index (χ2n) is 2.62. The Bertz CT molecular complexity index is 310. The number of rotatable bonds is 2. The molecule has 1 aromatic heterocycles. The second-order valence-corrected chi connectivity index (χ2v) is 2.62. The van der Waals surface area contributed by atoms with Crippen LogP contribution in [0.15, 0.2) is 12.3 Å². The van der Waals surface area contributed by atoms with E-state index in [4.69, 9.17) is 5.73 Å². The van der Waals surface area contributed by atoms with E-state index >= 15 is 0 Å². The van der Waals surface area contributed by atoms with Crippen LogP contribution in [0.5, 0.6) is 5.75 Å². The highest BCUT2D eigenvalue weighted by Crippen LogP contribution is 2.15. The standard InChI is InChI=1S/C8H10N2O2/c1-5-2-7(11)6(10-4-5)3-8(9)12/h2,4,11H,3H2,1H3,(H2,9,12). The maximum absolute atomic E-state index is 10.5. The summed E-state index contributed by atoms with van der Waals surface area (Å²) in [4.78, 5) is 14.3. The van der Waals surface area contributed by atoms with Gasteiger partial charge in [-0.2, -0.15) is 0 Å². The zero-order valence-corrected chi connectivity index (χ0v) is 6.74. The van der Waals surface area contributed by atoms with Crippen molar-refractivity contribution in [3.8, 4) is 5.75 Å². The molecular formula is C8H10N2O2. The van der Waals surface area contributed by atoms with Crippen LogP contribution >= 0.6 is 0 Å². The van der Waals surface area contributed by atoms with Crippen LogP contribution in [0.1, 0.15) is 11.3 Å². The van der Waals surface area contributed by atoms with Crippen molar-refractivity contribution in [2.75, 3.05) is 0 Å². The first-order valence-corrected chi connectivity index (χ1v) is 3.52. The van der Waals surface area contributed by atoms with Gasteiger partial charge in [0, 0.05) is 6.20 Å². The number of hydrogen-bond donors (Lipinski definition) is 2. The Hall–Kier alpha value is -1.58. The maximum Gasteiger partial charge on any atom is 0.223 e.